The molecule has 1 nitrogen and oxygen atoms in total. The van der Waals surface area contributed by atoms with Gasteiger partial charge in [-0.15, -0.1) is 22.7 Å². The Morgan fingerprint density at radius 3 is 2.19 bits per heavy atom. The Morgan fingerprint density at radius 1 is 1.00 bits per heavy atom. The Balaban J connectivity index is 1.91. The van der Waals surface area contributed by atoms with Gasteiger partial charge in [-0.3, -0.25) is 0 Å². The first kappa shape index (κ1) is 17.8. The average molecular weight is 397 g/mol. The minimum absolute atomic E-state index is 0.536. The van der Waals surface area contributed by atoms with Crippen LogP contribution in [0.3, 0.4) is 0 Å². The number of ether oxygens (including phenoxy) is 1. The van der Waals surface area contributed by atoms with Gasteiger partial charge in [-0.05, 0) is 45.3 Å². The number of benzene rings is 1. The zero-order valence-corrected chi connectivity index (χ0v) is 18.0. The predicted octanol–water partition coefficient (Wildman–Crippen LogP) is 6.42. The van der Waals surface area contributed by atoms with Gasteiger partial charge in [-0.25, -0.2) is 0 Å². The molecule has 0 saturated heterocycles. The van der Waals surface area contributed by atoms with Crippen LogP contribution >= 0.6 is 22.7 Å². The predicted molar refractivity (Wildman–Crippen MR) is 118 cm³/mol. The van der Waals surface area contributed by atoms with Crippen molar-refractivity contribution in [2.45, 2.75) is 31.5 Å². The highest BCUT2D eigenvalue weighted by molar-refractivity contribution is 7.21. The molecule has 0 aliphatic heterocycles. The fraction of sp³-hybridized carbons (Fsp3) is 0.273. The molecule has 1 aliphatic carbocycles. The summed E-state index contributed by atoms with van der Waals surface area (Å²) in [7, 11) is -1.86. The quantitative estimate of drug-likeness (QED) is 0.331. The largest absolute Gasteiger partial charge is 0.490 e. The summed E-state index contributed by atoms with van der Waals surface area (Å²) >= 11 is 3.80. The zero-order valence-electron chi connectivity index (χ0n) is 15.3. The van der Waals surface area contributed by atoms with E-state index in [2.05, 4.69) is 67.6 Å². The third-order valence-corrected chi connectivity index (χ3v) is 13.6. The highest BCUT2D eigenvalue weighted by atomic mass is 32.1. The standard InChI is InChI=1S/C22H24OS2Si/c1-4-13-23-18-9-7-8-10-19(18)26(5-2,6-3)22-16-11-14-24-20(16)21-17(22)12-15-25-21/h4,7-12,14-15,22H,1,5-6,13H2,2-3H3. The number of hydrogen-bond donors (Lipinski definition) is 0. The van der Waals surface area contributed by atoms with Gasteiger partial charge in [0.05, 0.1) is 0 Å². The fourth-order valence-corrected chi connectivity index (χ4v) is 12.0. The second kappa shape index (κ2) is 7.18. The second-order valence-electron chi connectivity index (χ2n) is 6.80. The molecule has 0 unspecified atom stereocenters. The number of para-hydroxylation sites is 1. The van der Waals surface area contributed by atoms with Crippen molar-refractivity contribution in [2.75, 3.05) is 6.61 Å². The molecule has 0 spiro atoms. The van der Waals surface area contributed by atoms with Crippen LogP contribution in [0, 0.1) is 0 Å². The number of rotatable bonds is 7. The van der Waals surface area contributed by atoms with Crippen molar-refractivity contribution < 1.29 is 4.74 Å². The molecule has 2 heterocycles. The van der Waals surface area contributed by atoms with Gasteiger partial charge in [-0.2, -0.15) is 0 Å². The van der Waals surface area contributed by atoms with Crippen LogP contribution in [0.25, 0.3) is 9.75 Å². The molecule has 3 aromatic rings. The summed E-state index contributed by atoms with van der Waals surface area (Å²) in [4.78, 5) is 3.01. The van der Waals surface area contributed by atoms with E-state index >= 15 is 0 Å². The van der Waals surface area contributed by atoms with Crippen molar-refractivity contribution in [3.05, 3.63) is 70.9 Å². The lowest BCUT2D eigenvalue weighted by Crippen LogP contribution is -2.52. The molecule has 0 N–H and O–H groups in total. The van der Waals surface area contributed by atoms with Gasteiger partial charge in [-0.1, -0.05) is 56.8 Å². The SMILES string of the molecule is C=CCOc1ccccc1[Si](CC)(CC)C1c2ccsc2-c2sccc21. The fourth-order valence-electron chi connectivity index (χ4n) is 4.57. The topological polar surface area (TPSA) is 9.23 Å². The number of thiophene rings is 2. The van der Waals surface area contributed by atoms with Crippen molar-refractivity contribution >= 4 is 35.9 Å². The minimum atomic E-state index is -1.86. The Bertz CT molecular complexity index is 879. The molecule has 0 saturated carbocycles. The summed E-state index contributed by atoms with van der Waals surface area (Å²) < 4.78 is 6.12. The molecule has 4 rings (SSSR count). The maximum atomic E-state index is 6.12. The molecule has 0 atom stereocenters. The van der Waals surface area contributed by atoms with E-state index in [4.69, 9.17) is 4.74 Å². The van der Waals surface area contributed by atoms with E-state index in [1.807, 2.05) is 28.7 Å². The van der Waals surface area contributed by atoms with E-state index in [0.29, 0.717) is 12.1 Å². The van der Waals surface area contributed by atoms with Gasteiger partial charge < -0.3 is 4.74 Å². The van der Waals surface area contributed by atoms with Crippen molar-refractivity contribution in [2.24, 2.45) is 0 Å². The van der Waals surface area contributed by atoms with Gasteiger partial charge >= 0.3 is 0 Å². The summed E-state index contributed by atoms with van der Waals surface area (Å²) in [5, 5.41) is 6.00. The van der Waals surface area contributed by atoms with Crippen LogP contribution in [-0.2, 0) is 0 Å². The van der Waals surface area contributed by atoms with Crippen molar-refractivity contribution in [1.82, 2.24) is 0 Å². The Hall–Kier alpha value is -1.62. The molecule has 26 heavy (non-hydrogen) atoms. The van der Waals surface area contributed by atoms with Crippen LogP contribution in [0.5, 0.6) is 5.75 Å². The van der Waals surface area contributed by atoms with E-state index in [1.54, 1.807) is 11.1 Å². The van der Waals surface area contributed by atoms with E-state index in [9.17, 15) is 0 Å². The highest BCUT2D eigenvalue weighted by Gasteiger charge is 2.48. The zero-order chi connectivity index (χ0) is 18.1. The molecule has 1 aromatic carbocycles. The molecule has 1 aliphatic rings. The Kier molecular flexibility index (Phi) is 4.91. The maximum Gasteiger partial charge on any atom is 0.119 e. The van der Waals surface area contributed by atoms with Gasteiger partial charge in [0.15, 0.2) is 0 Å². The van der Waals surface area contributed by atoms with Crippen LogP contribution in [-0.4, -0.2) is 14.7 Å². The van der Waals surface area contributed by atoms with Crippen molar-refractivity contribution in [3.63, 3.8) is 0 Å². The lowest BCUT2D eigenvalue weighted by Gasteiger charge is -2.38. The summed E-state index contributed by atoms with van der Waals surface area (Å²) in [6.45, 7) is 9.15. The van der Waals surface area contributed by atoms with Crippen LogP contribution in [0.4, 0.5) is 0 Å². The maximum absolute atomic E-state index is 6.12. The molecule has 0 amide bonds. The first-order valence-electron chi connectivity index (χ1n) is 9.25. The van der Waals surface area contributed by atoms with Crippen LogP contribution < -0.4 is 9.92 Å². The van der Waals surface area contributed by atoms with Crippen LogP contribution in [0.1, 0.15) is 30.5 Å². The van der Waals surface area contributed by atoms with Crippen molar-refractivity contribution in [1.29, 1.82) is 0 Å². The third kappa shape index (κ3) is 2.55. The first-order chi connectivity index (χ1) is 12.8. The molecular formula is C22H24OS2Si. The van der Waals surface area contributed by atoms with Gasteiger partial charge in [0.25, 0.3) is 0 Å². The first-order valence-corrected chi connectivity index (χ1v) is 13.5. The average Bonchev–Trinajstić information content (AvgIpc) is 3.38. The van der Waals surface area contributed by atoms with Gasteiger partial charge in [0.1, 0.15) is 20.4 Å². The monoisotopic (exact) mass is 396 g/mol. The number of hydrogen-bond acceptors (Lipinski definition) is 3. The van der Waals surface area contributed by atoms with Crippen LogP contribution in [0.15, 0.2) is 59.8 Å². The lowest BCUT2D eigenvalue weighted by molar-refractivity contribution is 0.366. The lowest BCUT2D eigenvalue weighted by atomic mass is 10.2. The molecular weight excluding hydrogens is 372 g/mol. The normalized spacial score (nSPS) is 13.5. The van der Waals surface area contributed by atoms with Crippen LogP contribution in [0.2, 0.25) is 12.1 Å². The molecule has 0 fully saturated rings. The smallest absolute Gasteiger partial charge is 0.119 e. The van der Waals surface area contributed by atoms with E-state index in [0.717, 1.165) is 5.75 Å². The molecule has 134 valence electrons. The minimum Gasteiger partial charge on any atom is -0.490 e. The molecule has 2 aromatic heterocycles. The highest BCUT2D eigenvalue weighted by Crippen LogP contribution is 2.55. The summed E-state index contributed by atoms with van der Waals surface area (Å²) in [5.41, 5.74) is 3.66. The summed E-state index contributed by atoms with van der Waals surface area (Å²) in [5.74, 6) is 1.06. The van der Waals surface area contributed by atoms with E-state index in [1.165, 1.54) is 27.0 Å². The van der Waals surface area contributed by atoms with E-state index in [-0.39, 0.29) is 0 Å². The molecule has 0 radical (unpaired) electrons. The Labute approximate surface area is 165 Å². The summed E-state index contributed by atoms with van der Waals surface area (Å²) in [6, 6.07) is 15.9. The van der Waals surface area contributed by atoms with Crippen molar-refractivity contribution in [3.8, 4) is 15.5 Å². The molecule has 4 heteroatoms. The number of fused-ring (bicyclic) bond motifs is 3. The Morgan fingerprint density at radius 2 is 1.62 bits per heavy atom. The second-order valence-corrected chi connectivity index (χ2v) is 13.5. The third-order valence-electron chi connectivity index (χ3n) is 5.81. The van der Waals surface area contributed by atoms with Gasteiger partial charge in [0, 0.05) is 15.3 Å². The van der Waals surface area contributed by atoms with E-state index < -0.39 is 8.07 Å². The van der Waals surface area contributed by atoms with Gasteiger partial charge in [0.2, 0.25) is 0 Å². The summed E-state index contributed by atoms with van der Waals surface area (Å²) in [6.07, 6.45) is 1.83. The molecule has 0 bridgehead atoms.